The molecule has 1 aromatic heterocycles. The van der Waals surface area contributed by atoms with Gasteiger partial charge >= 0.3 is 0 Å². The molecule has 2 heterocycles. The third-order valence-corrected chi connectivity index (χ3v) is 4.10. The van der Waals surface area contributed by atoms with Crippen molar-refractivity contribution in [2.75, 3.05) is 26.7 Å². The lowest BCUT2D eigenvalue weighted by Crippen LogP contribution is -2.38. The Labute approximate surface area is 142 Å². The van der Waals surface area contributed by atoms with E-state index in [2.05, 4.69) is 15.2 Å². The van der Waals surface area contributed by atoms with E-state index >= 15 is 0 Å². The Morgan fingerprint density at radius 1 is 1.43 bits per heavy atom. The topological polar surface area (TPSA) is 41.3 Å². The lowest BCUT2D eigenvalue weighted by atomic mass is 9.98. The van der Waals surface area contributed by atoms with Crippen LogP contribution in [0.2, 0.25) is 0 Å². The Morgan fingerprint density at radius 2 is 2.30 bits per heavy atom. The molecule has 1 aromatic carbocycles. The molecule has 0 radical (unpaired) electrons. The zero-order valence-corrected chi connectivity index (χ0v) is 14.1. The number of nitrogens with one attached hydrogen (secondary N) is 1. The van der Waals surface area contributed by atoms with Crippen LogP contribution in [0.1, 0.15) is 18.5 Å². The van der Waals surface area contributed by atoms with Gasteiger partial charge in [-0.3, -0.25) is 4.90 Å². The van der Waals surface area contributed by atoms with E-state index in [1.807, 2.05) is 13.1 Å². The monoisotopic (exact) mass is 339 g/mol. The van der Waals surface area contributed by atoms with Crippen molar-refractivity contribution in [1.82, 2.24) is 15.2 Å². The Kier molecular flexibility index (Phi) is 6.57. The maximum Gasteiger partial charge on any atom is 0.226 e. The molecule has 1 aliphatic heterocycles. The van der Waals surface area contributed by atoms with E-state index in [0.29, 0.717) is 17.4 Å². The zero-order chi connectivity index (χ0) is 15.4. The van der Waals surface area contributed by atoms with Crippen molar-refractivity contribution >= 4 is 12.4 Å². The number of oxazole rings is 1. The SMILES string of the molecule is CNCC1CCCN(Cc2coc(-c3cccc(F)c3)n2)C1.Cl. The highest BCUT2D eigenvalue weighted by Crippen LogP contribution is 2.22. The molecule has 0 aliphatic carbocycles. The van der Waals surface area contributed by atoms with Gasteiger partial charge in [-0.25, -0.2) is 9.37 Å². The predicted molar refractivity (Wildman–Crippen MR) is 91.1 cm³/mol. The standard InChI is InChI=1S/C17H22FN3O.ClH/c1-19-9-13-4-3-7-21(10-13)11-16-12-22-17(20-16)14-5-2-6-15(18)8-14;/h2,5-6,8,12-13,19H,3-4,7,9-11H2,1H3;1H. The highest BCUT2D eigenvalue weighted by atomic mass is 35.5. The van der Waals surface area contributed by atoms with Gasteiger partial charge in [0.05, 0.1) is 5.69 Å². The van der Waals surface area contributed by atoms with Crippen LogP contribution in [0.5, 0.6) is 0 Å². The van der Waals surface area contributed by atoms with Crippen LogP contribution in [0.25, 0.3) is 11.5 Å². The van der Waals surface area contributed by atoms with E-state index in [4.69, 9.17) is 4.42 Å². The molecule has 2 aromatic rings. The second-order valence-electron chi connectivity index (χ2n) is 5.96. The van der Waals surface area contributed by atoms with Crippen molar-refractivity contribution in [2.24, 2.45) is 5.92 Å². The molecule has 126 valence electrons. The molecule has 1 N–H and O–H groups in total. The summed E-state index contributed by atoms with van der Waals surface area (Å²) in [5, 5.41) is 3.26. The molecular weight excluding hydrogens is 317 g/mol. The van der Waals surface area contributed by atoms with Crippen molar-refractivity contribution in [3.05, 3.63) is 42.0 Å². The molecule has 1 atom stereocenters. The van der Waals surface area contributed by atoms with Crippen LogP contribution in [0.4, 0.5) is 4.39 Å². The minimum absolute atomic E-state index is 0. The van der Waals surface area contributed by atoms with Gasteiger partial charge in [0.15, 0.2) is 0 Å². The van der Waals surface area contributed by atoms with Gasteiger partial charge in [0.2, 0.25) is 5.89 Å². The average Bonchev–Trinajstić information content (AvgIpc) is 2.96. The summed E-state index contributed by atoms with van der Waals surface area (Å²) in [6.45, 7) is 4.04. The first-order valence-electron chi connectivity index (χ1n) is 7.82. The summed E-state index contributed by atoms with van der Waals surface area (Å²) >= 11 is 0. The van der Waals surface area contributed by atoms with Crippen LogP contribution < -0.4 is 5.32 Å². The first-order valence-corrected chi connectivity index (χ1v) is 7.82. The average molecular weight is 340 g/mol. The minimum atomic E-state index is -0.275. The molecule has 23 heavy (non-hydrogen) atoms. The fourth-order valence-corrected chi connectivity index (χ4v) is 3.11. The van der Waals surface area contributed by atoms with Crippen molar-refractivity contribution in [3.8, 4) is 11.5 Å². The van der Waals surface area contributed by atoms with Crippen LogP contribution in [0.15, 0.2) is 34.9 Å². The summed E-state index contributed by atoms with van der Waals surface area (Å²) in [5.41, 5.74) is 1.59. The Morgan fingerprint density at radius 3 is 3.09 bits per heavy atom. The van der Waals surface area contributed by atoms with E-state index < -0.39 is 0 Å². The number of hydrogen-bond acceptors (Lipinski definition) is 4. The van der Waals surface area contributed by atoms with E-state index in [0.717, 1.165) is 31.9 Å². The molecule has 0 bridgehead atoms. The number of halogens is 2. The molecule has 6 heteroatoms. The molecule has 4 nitrogen and oxygen atoms in total. The van der Waals surface area contributed by atoms with Crippen LogP contribution in [-0.2, 0) is 6.54 Å². The number of piperidine rings is 1. The molecule has 1 unspecified atom stereocenters. The zero-order valence-electron chi connectivity index (χ0n) is 13.3. The van der Waals surface area contributed by atoms with E-state index in [9.17, 15) is 4.39 Å². The maximum atomic E-state index is 13.3. The first kappa shape index (κ1) is 17.9. The second kappa shape index (κ2) is 8.43. The molecule has 0 spiro atoms. The quantitative estimate of drug-likeness (QED) is 0.907. The third-order valence-electron chi connectivity index (χ3n) is 4.10. The van der Waals surface area contributed by atoms with Gasteiger partial charge in [0.1, 0.15) is 12.1 Å². The van der Waals surface area contributed by atoms with Gasteiger partial charge in [-0.1, -0.05) is 6.07 Å². The molecular formula is C17H23ClFN3O. The van der Waals surface area contributed by atoms with Crippen molar-refractivity contribution < 1.29 is 8.81 Å². The van der Waals surface area contributed by atoms with Gasteiger partial charge in [0, 0.05) is 18.7 Å². The van der Waals surface area contributed by atoms with Crippen molar-refractivity contribution in [1.29, 1.82) is 0 Å². The highest BCUT2D eigenvalue weighted by molar-refractivity contribution is 5.85. The lowest BCUT2D eigenvalue weighted by Gasteiger charge is -2.32. The van der Waals surface area contributed by atoms with Gasteiger partial charge < -0.3 is 9.73 Å². The van der Waals surface area contributed by atoms with E-state index in [-0.39, 0.29) is 18.2 Å². The summed E-state index contributed by atoms with van der Waals surface area (Å²) in [6, 6.07) is 6.34. The third kappa shape index (κ3) is 4.77. The summed E-state index contributed by atoms with van der Waals surface area (Å²) in [7, 11) is 2.00. The highest BCUT2D eigenvalue weighted by Gasteiger charge is 2.20. The van der Waals surface area contributed by atoms with Crippen LogP contribution in [0, 0.1) is 11.7 Å². The molecule has 1 fully saturated rings. The molecule has 1 saturated heterocycles. The molecule has 3 rings (SSSR count). The number of aromatic nitrogens is 1. The molecule has 1 aliphatic rings. The fourth-order valence-electron chi connectivity index (χ4n) is 3.11. The maximum absolute atomic E-state index is 13.3. The van der Waals surface area contributed by atoms with Crippen LogP contribution >= 0.6 is 12.4 Å². The van der Waals surface area contributed by atoms with Gasteiger partial charge in [-0.2, -0.15) is 0 Å². The predicted octanol–water partition coefficient (Wildman–Crippen LogP) is 3.33. The Hall–Kier alpha value is -1.43. The number of benzene rings is 1. The minimum Gasteiger partial charge on any atom is -0.444 e. The second-order valence-corrected chi connectivity index (χ2v) is 5.96. The number of nitrogens with zero attached hydrogens (tertiary/aromatic N) is 2. The van der Waals surface area contributed by atoms with Gasteiger partial charge in [0.25, 0.3) is 0 Å². The first-order chi connectivity index (χ1) is 10.7. The van der Waals surface area contributed by atoms with Gasteiger partial charge in [-0.15, -0.1) is 12.4 Å². The van der Waals surface area contributed by atoms with E-state index in [1.165, 1.54) is 25.0 Å². The van der Waals surface area contributed by atoms with Crippen LogP contribution in [0.3, 0.4) is 0 Å². The summed E-state index contributed by atoms with van der Waals surface area (Å²) < 4.78 is 18.8. The smallest absolute Gasteiger partial charge is 0.226 e. The summed E-state index contributed by atoms with van der Waals surface area (Å²) in [4.78, 5) is 6.91. The van der Waals surface area contributed by atoms with Crippen molar-refractivity contribution in [2.45, 2.75) is 19.4 Å². The number of likely N-dealkylation sites (tertiary alicyclic amines) is 1. The molecule has 0 saturated carbocycles. The Balaban J connectivity index is 0.00000192. The fraction of sp³-hybridized carbons (Fsp3) is 0.471. The molecule has 0 amide bonds. The summed E-state index contributed by atoms with van der Waals surface area (Å²) in [6.07, 6.45) is 4.19. The summed E-state index contributed by atoms with van der Waals surface area (Å²) in [5.74, 6) is 0.912. The van der Waals surface area contributed by atoms with Gasteiger partial charge in [-0.05, 0) is 57.1 Å². The lowest BCUT2D eigenvalue weighted by molar-refractivity contribution is 0.165. The van der Waals surface area contributed by atoms with Crippen molar-refractivity contribution in [3.63, 3.8) is 0 Å². The number of hydrogen-bond donors (Lipinski definition) is 1. The largest absolute Gasteiger partial charge is 0.444 e. The van der Waals surface area contributed by atoms with Crippen LogP contribution in [-0.4, -0.2) is 36.6 Å². The number of rotatable bonds is 5. The van der Waals surface area contributed by atoms with E-state index in [1.54, 1.807) is 12.3 Å². The Bertz CT molecular complexity index is 617. The normalized spacial score (nSPS) is 18.6.